The maximum atomic E-state index is 12.5. The highest BCUT2D eigenvalue weighted by molar-refractivity contribution is 5.89. The molecule has 0 aromatic heterocycles. The lowest BCUT2D eigenvalue weighted by Gasteiger charge is -2.26. The standard InChI is InChI=1S/C23H25NO/c1-23(2,3)22(25)24-21-15-9-13-18(17-10-5-4-6-11-17)16-19-12-7-8-14-20(19)21/h4-14,16,21H,15H2,1-3H3,(H,24,25)/b13-9-,18-16+. The number of fused-ring (bicyclic) bond motifs is 1. The summed E-state index contributed by atoms with van der Waals surface area (Å²) < 4.78 is 0. The SMILES string of the molecule is CC(C)(C)C(=O)NC1C/C=C\C(c2ccccc2)=C/c2ccccc21. The number of allylic oxidation sites excluding steroid dienone is 2. The Morgan fingerprint density at radius 1 is 1.00 bits per heavy atom. The molecule has 1 aliphatic carbocycles. The first kappa shape index (κ1) is 17.2. The third-order valence-corrected chi connectivity index (χ3v) is 4.45. The Balaban J connectivity index is 1.99. The van der Waals surface area contributed by atoms with Crippen LogP contribution in [-0.4, -0.2) is 5.91 Å². The zero-order chi connectivity index (χ0) is 17.9. The van der Waals surface area contributed by atoms with Crippen molar-refractivity contribution in [2.24, 2.45) is 5.41 Å². The van der Waals surface area contributed by atoms with Crippen LogP contribution in [0, 0.1) is 5.41 Å². The van der Waals surface area contributed by atoms with E-state index in [2.05, 4.69) is 59.9 Å². The highest BCUT2D eigenvalue weighted by Gasteiger charge is 2.25. The normalized spacial score (nSPS) is 20.4. The van der Waals surface area contributed by atoms with Gasteiger partial charge in [0.25, 0.3) is 0 Å². The smallest absolute Gasteiger partial charge is 0.225 e. The van der Waals surface area contributed by atoms with Gasteiger partial charge in [0.1, 0.15) is 0 Å². The number of carbonyl (C=O) groups is 1. The largest absolute Gasteiger partial charge is 0.349 e. The summed E-state index contributed by atoms with van der Waals surface area (Å²) in [6.45, 7) is 5.83. The van der Waals surface area contributed by atoms with Gasteiger partial charge in [0.2, 0.25) is 5.91 Å². The predicted molar refractivity (Wildman–Crippen MR) is 105 cm³/mol. The third-order valence-electron chi connectivity index (χ3n) is 4.45. The van der Waals surface area contributed by atoms with Crippen LogP contribution in [0.3, 0.4) is 0 Å². The number of hydrogen-bond acceptors (Lipinski definition) is 1. The molecule has 2 heteroatoms. The van der Waals surface area contributed by atoms with Crippen molar-refractivity contribution in [3.63, 3.8) is 0 Å². The second-order valence-corrected chi connectivity index (χ2v) is 7.51. The topological polar surface area (TPSA) is 29.1 Å². The molecule has 0 saturated carbocycles. The van der Waals surface area contributed by atoms with Gasteiger partial charge in [0.05, 0.1) is 6.04 Å². The summed E-state index contributed by atoms with van der Waals surface area (Å²) in [6, 6.07) is 18.7. The molecule has 0 heterocycles. The molecule has 1 N–H and O–H groups in total. The van der Waals surface area contributed by atoms with Gasteiger partial charge in [-0.3, -0.25) is 4.79 Å². The van der Waals surface area contributed by atoms with Crippen molar-refractivity contribution in [2.45, 2.75) is 33.2 Å². The Morgan fingerprint density at radius 2 is 1.68 bits per heavy atom. The first-order valence-corrected chi connectivity index (χ1v) is 8.79. The summed E-state index contributed by atoms with van der Waals surface area (Å²) in [7, 11) is 0. The van der Waals surface area contributed by atoms with Gasteiger partial charge in [0.15, 0.2) is 0 Å². The molecule has 0 fully saturated rings. The first-order valence-electron chi connectivity index (χ1n) is 8.79. The monoisotopic (exact) mass is 331 g/mol. The minimum atomic E-state index is -0.397. The van der Waals surface area contributed by atoms with Gasteiger partial charge >= 0.3 is 0 Å². The van der Waals surface area contributed by atoms with Gasteiger partial charge in [-0.25, -0.2) is 0 Å². The molecule has 25 heavy (non-hydrogen) atoms. The van der Waals surface area contributed by atoms with E-state index in [-0.39, 0.29) is 11.9 Å². The summed E-state index contributed by atoms with van der Waals surface area (Å²) in [5.41, 5.74) is 4.31. The molecule has 128 valence electrons. The number of amides is 1. The van der Waals surface area contributed by atoms with E-state index in [9.17, 15) is 4.79 Å². The summed E-state index contributed by atoms with van der Waals surface area (Å²) >= 11 is 0. The molecule has 1 unspecified atom stereocenters. The van der Waals surface area contributed by atoms with Crippen LogP contribution in [0.25, 0.3) is 11.6 Å². The number of rotatable bonds is 2. The molecular weight excluding hydrogens is 306 g/mol. The van der Waals surface area contributed by atoms with Crippen LogP contribution in [0.4, 0.5) is 0 Å². The summed E-state index contributed by atoms with van der Waals surface area (Å²) in [6.07, 6.45) is 7.30. The molecule has 0 spiro atoms. The summed E-state index contributed by atoms with van der Waals surface area (Å²) in [4.78, 5) is 12.5. The highest BCUT2D eigenvalue weighted by atomic mass is 16.2. The van der Waals surface area contributed by atoms with Crippen LogP contribution < -0.4 is 5.32 Å². The second kappa shape index (κ2) is 7.10. The fourth-order valence-corrected chi connectivity index (χ4v) is 2.95. The van der Waals surface area contributed by atoms with E-state index in [0.717, 1.165) is 17.5 Å². The van der Waals surface area contributed by atoms with E-state index in [4.69, 9.17) is 0 Å². The fraction of sp³-hybridized carbons (Fsp3) is 0.261. The van der Waals surface area contributed by atoms with Crippen molar-refractivity contribution in [3.8, 4) is 0 Å². The van der Waals surface area contributed by atoms with E-state index in [1.807, 2.05) is 39.0 Å². The van der Waals surface area contributed by atoms with E-state index in [1.165, 1.54) is 11.1 Å². The Labute approximate surface area is 150 Å². The quantitative estimate of drug-likeness (QED) is 0.785. The predicted octanol–water partition coefficient (Wildman–Crippen LogP) is 5.39. The van der Waals surface area contributed by atoms with Crippen LogP contribution in [0.15, 0.2) is 66.7 Å². The maximum absolute atomic E-state index is 12.5. The molecule has 1 aliphatic rings. The minimum absolute atomic E-state index is 0.00671. The third kappa shape index (κ3) is 4.08. The van der Waals surface area contributed by atoms with Crippen molar-refractivity contribution in [1.29, 1.82) is 0 Å². The van der Waals surface area contributed by atoms with Crippen LogP contribution >= 0.6 is 0 Å². The van der Waals surface area contributed by atoms with Crippen molar-refractivity contribution in [2.75, 3.05) is 0 Å². The van der Waals surface area contributed by atoms with E-state index >= 15 is 0 Å². The summed E-state index contributed by atoms with van der Waals surface area (Å²) in [5, 5.41) is 3.22. The van der Waals surface area contributed by atoms with Crippen LogP contribution in [-0.2, 0) is 4.79 Å². The van der Waals surface area contributed by atoms with Crippen LogP contribution in [0.1, 0.15) is 49.9 Å². The lowest BCUT2D eigenvalue weighted by molar-refractivity contribution is -0.129. The number of nitrogens with one attached hydrogen (secondary N) is 1. The van der Waals surface area contributed by atoms with E-state index in [1.54, 1.807) is 0 Å². The lowest BCUT2D eigenvalue weighted by atomic mass is 9.90. The molecular formula is C23H25NO. The summed E-state index contributed by atoms with van der Waals surface area (Å²) in [5.74, 6) is 0.0774. The van der Waals surface area contributed by atoms with E-state index in [0.29, 0.717) is 0 Å². The molecule has 0 bridgehead atoms. The zero-order valence-corrected chi connectivity index (χ0v) is 15.1. The molecule has 1 atom stereocenters. The Bertz CT molecular complexity index is 809. The minimum Gasteiger partial charge on any atom is -0.349 e. The first-order chi connectivity index (χ1) is 11.9. The molecule has 2 nitrogen and oxygen atoms in total. The van der Waals surface area contributed by atoms with Crippen molar-refractivity contribution < 1.29 is 4.79 Å². The molecule has 2 aromatic carbocycles. The van der Waals surface area contributed by atoms with Gasteiger partial charge < -0.3 is 5.32 Å². The molecule has 0 radical (unpaired) electrons. The Hall–Kier alpha value is -2.61. The lowest BCUT2D eigenvalue weighted by Crippen LogP contribution is -2.37. The van der Waals surface area contributed by atoms with E-state index < -0.39 is 5.41 Å². The average Bonchev–Trinajstić information content (AvgIpc) is 2.58. The second-order valence-electron chi connectivity index (χ2n) is 7.51. The average molecular weight is 331 g/mol. The maximum Gasteiger partial charge on any atom is 0.225 e. The molecule has 2 aromatic rings. The number of hydrogen-bond donors (Lipinski definition) is 1. The fourth-order valence-electron chi connectivity index (χ4n) is 2.95. The van der Waals surface area contributed by atoms with Gasteiger partial charge in [0, 0.05) is 5.41 Å². The zero-order valence-electron chi connectivity index (χ0n) is 15.1. The molecule has 3 rings (SSSR count). The van der Waals surface area contributed by atoms with Crippen molar-refractivity contribution in [3.05, 3.63) is 83.4 Å². The van der Waals surface area contributed by atoms with Crippen LogP contribution in [0.2, 0.25) is 0 Å². The van der Waals surface area contributed by atoms with Crippen LogP contribution in [0.5, 0.6) is 0 Å². The van der Waals surface area contributed by atoms with Gasteiger partial charge in [-0.15, -0.1) is 0 Å². The Morgan fingerprint density at radius 3 is 2.40 bits per heavy atom. The highest BCUT2D eigenvalue weighted by Crippen LogP contribution is 2.30. The van der Waals surface area contributed by atoms with Gasteiger partial charge in [-0.05, 0) is 34.8 Å². The molecule has 0 saturated heterocycles. The van der Waals surface area contributed by atoms with Crippen molar-refractivity contribution in [1.82, 2.24) is 5.32 Å². The van der Waals surface area contributed by atoms with Gasteiger partial charge in [-0.2, -0.15) is 0 Å². The Kier molecular flexibility index (Phi) is 4.89. The van der Waals surface area contributed by atoms with Crippen molar-refractivity contribution >= 4 is 17.6 Å². The number of benzene rings is 2. The van der Waals surface area contributed by atoms with Gasteiger partial charge in [-0.1, -0.05) is 87.5 Å². The molecule has 0 aliphatic heterocycles. The molecule has 1 amide bonds. The number of carbonyl (C=O) groups excluding carboxylic acids is 1.